The molecule has 0 aliphatic carbocycles. The van der Waals surface area contributed by atoms with Crippen LogP contribution in [0.15, 0.2) is 54.6 Å². The lowest BCUT2D eigenvalue weighted by Crippen LogP contribution is -2.28. The molecule has 0 aliphatic heterocycles. The number of esters is 3. The second-order valence-corrected chi connectivity index (χ2v) is 8.70. The zero-order valence-electron chi connectivity index (χ0n) is 20.4. The second kappa shape index (κ2) is 13.6. The van der Waals surface area contributed by atoms with Crippen LogP contribution in [0.4, 0.5) is 0 Å². The summed E-state index contributed by atoms with van der Waals surface area (Å²) in [5.74, 6) is -3.37. The zero-order valence-corrected chi connectivity index (χ0v) is 20.4. The van der Waals surface area contributed by atoms with Crippen LogP contribution >= 0.6 is 0 Å². The maximum Gasteiger partial charge on any atom is 0.311 e. The summed E-state index contributed by atoms with van der Waals surface area (Å²) in [6.45, 7) is 2.88. The molecule has 0 saturated carbocycles. The van der Waals surface area contributed by atoms with E-state index in [1.807, 2.05) is 48.5 Å². The van der Waals surface area contributed by atoms with Crippen molar-refractivity contribution >= 4 is 39.5 Å². The zero-order chi connectivity index (χ0) is 25.4. The molecule has 0 bridgehead atoms. The van der Waals surface area contributed by atoms with Crippen molar-refractivity contribution < 1.29 is 33.7 Å². The van der Waals surface area contributed by atoms with Gasteiger partial charge in [0, 0.05) is 5.56 Å². The van der Waals surface area contributed by atoms with Crippen LogP contribution in [0.3, 0.4) is 0 Å². The minimum absolute atomic E-state index is 0. The Balaban J connectivity index is 0.00000456. The molecule has 3 aromatic carbocycles. The highest BCUT2D eigenvalue weighted by molar-refractivity contribution is 6.02. The Kier molecular flexibility index (Phi) is 10.9. The van der Waals surface area contributed by atoms with E-state index in [1.54, 1.807) is 13.8 Å². The van der Waals surface area contributed by atoms with E-state index >= 15 is 0 Å². The van der Waals surface area contributed by atoms with Gasteiger partial charge in [0.1, 0.15) is 6.61 Å². The van der Waals surface area contributed by atoms with Crippen LogP contribution < -0.4 is 0 Å². The van der Waals surface area contributed by atoms with Crippen LogP contribution in [0, 0.1) is 17.8 Å². The van der Waals surface area contributed by atoms with Gasteiger partial charge in [-0.1, -0.05) is 69.8 Å². The number of benzene rings is 3. The van der Waals surface area contributed by atoms with E-state index in [0.717, 1.165) is 27.1 Å². The van der Waals surface area contributed by atoms with Crippen LogP contribution in [0.5, 0.6) is 0 Å². The minimum atomic E-state index is -0.718. The standard InChI is InChI=1S/C28H32O7.CH4/c1-4-19(28(32)35-17-29)14-22(27(31)33-3)13-18(2)26(30)34-16-25-23-11-7-5-9-20(23)15-21-10-6-8-12-24(21)25;/h5-12,15,18-19,22,29H,4,13-14,16-17H2,1-3H3;1H4. The van der Waals surface area contributed by atoms with Gasteiger partial charge in [0.2, 0.25) is 0 Å². The molecule has 1 N–H and O–H groups in total. The van der Waals surface area contributed by atoms with Crippen LogP contribution in [0.2, 0.25) is 0 Å². The van der Waals surface area contributed by atoms with Crippen molar-refractivity contribution in [2.75, 3.05) is 13.9 Å². The SMILES string of the molecule is C.CCC(CC(CC(C)C(=O)OCc1c2ccccc2cc2ccccc12)C(=O)OC)C(=O)OCO. The van der Waals surface area contributed by atoms with E-state index in [2.05, 4.69) is 6.07 Å². The Morgan fingerprint density at radius 2 is 1.42 bits per heavy atom. The number of hydrogen-bond donors (Lipinski definition) is 1. The van der Waals surface area contributed by atoms with Crippen molar-refractivity contribution in [1.82, 2.24) is 0 Å². The molecule has 7 heteroatoms. The lowest BCUT2D eigenvalue weighted by molar-refractivity contribution is -0.158. The first-order valence-electron chi connectivity index (χ1n) is 11.8. The van der Waals surface area contributed by atoms with Gasteiger partial charge in [0.05, 0.1) is 24.9 Å². The molecule has 0 radical (unpaired) electrons. The number of carbonyl (C=O) groups is 3. The average molecular weight is 497 g/mol. The lowest BCUT2D eigenvalue weighted by Gasteiger charge is -2.22. The van der Waals surface area contributed by atoms with E-state index < -0.39 is 42.5 Å². The summed E-state index contributed by atoms with van der Waals surface area (Å²) >= 11 is 0. The van der Waals surface area contributed by atoms with Gasteiger partial charge >= 0.3 is 17.9 Å². The highest BCUT2D eigenvalue weighted by Crippen LogP contribution is 2.30. The van der Waals surface area contributed by atoms with Gasteiger partial charge in [-0.25, -0.2) is 0 Å². The van der Waals surface area contributed by atoms with Gasteiger partial charge in [0.25, 0.3) is 0 Å². The van der Waals surface area contributed by atoms with Crippen molar-refractivity contribution in [1.29, 1.82) is 0 Å². The van der Waals surface area contributed by atoms with E-state index in [-0.39, 0.29) is 26.9 Å². The van der Waals surface area contributed by atoms with Gasteiger partial charge in [0.15, 0.2) is 6.79 Å². The Hall–Kier alpha value is -3.45. The first-order valence-corrected chi connectivity index (χ1v) is 11.8. The van der Waals surface area contributed by atoms with Gasteiger partial charge in [-0.15, -0.1) is 0 Å². The van der Waals surface area contributed by atoms with Crippen LogP contribution in [-0.4, -0.2) is 36.9 Å². The summed E-state index contributed by atoms with van der Waals surface area (Å²) < 4.78 is 15.3. The summed E-state index contributed by atoms with van der Waals surface area (Å²) in [4.78, 5) is 37.4. The smallest absolute Gasteiger partial charge is 0.311 e. The number of aliphatic hydroxyl groups is 1. The Bertz CT molecular complexity index is 1130. The van der Waals surface area contributed by atoms with Crippen molar-refractivity contribution in [2.45, 2.75) is 47.1 Å². The third-order valence-electron chi connectivity index (χ3n) is 6.42. The number of fused-ring (bicyclic) bond motifs is 2. The predicted molar refractivity (Wildman–Crippen MR) is 139 cm³/mol. The first-order chi connectivity index (χ1) is 16.9. The van der Waals surface area contributed by atoms with Crippen LogP contribution in [0.1, 0.15) is 46.1 Å². The van der Waals surface area contributed by atoms with E-state index in [0.29, 0.717) is 6.42 Å². The quantitative estimate of drug-likeness (QED) is 0.164. The van der Waals surface area contributed by atoms with Crippen molar-refractivity contribution in [2.24, 2.45) is 17.8 Å². The number of rotatable bonds is 11. The summed E-state index contributed by atoms with van der Waals surface area (Å²) in [5.41, 5.74) is 0.932. The van der Waals surface area contributed by atoms with E-state index in [9.17, 15) is 14.4 Å². The summed E-state index contributed by atoms with van der Waals surface area (Å²) in [5, 5.41) is 13.1. The summed E-state index contributed by atoms with van der Waals surface area (Å²) in [7, 11) is 1.27. The second-order valence-electron chi connectivity index (χ2n) is 8.70. The van der Waals surface area contributed by atoms with Crippen LogP contribution in [-0.2, 0) is 35.2 Å². The molecule has 0 amide bonds. The van der Waals surface area contributed by atoms with Crippen molar-refractivity contribution in [3.05, 3.63) is 60.2 Å². The van der Waals surface area contributed by atoms with Crippen molar-refractivity contribution in [3.8, 4) is 0 Å². The normalized spacial score (nSPS) is 13.3. The highest BCUT2D eigenvalue weighted by atomic mass is 16.6. The van der Waals surface area contributed by atoms with Gasteiger partial charge < -0.3 is 19.3 Å². The Labute approximate surface area is 212 Å². The maximum atomic E-state index is 12.9. The first kappa shape index (κ1) is 28.8. The van der Waals surface area contributed by atoms with E-state index in [1.165, 1.54) is 7.11 Å². The van der Waals surface area contributed by atoms with Gasteiger partial charge in [-0.3, -0.25) is 14.4 Å². The summed E-state index contributed by atoms with van der Waals surface area (Å²) in [6.07, 6.45) is 0.762. The molecule has 3 aromatic rings. The molecule has 0 spiro atoms. The van der Waals surface area contributed by atoms with Gasteiger partial charge in [-0.05, 0) is 46.9 Å². The molecule has 3 rings (SSSR count). The Morgan fingerprint density at radius 1 is 0.833 bits per heavy atom. The molecule has 3 atom stereocenters. The molecule has 0 aromatic heterocycles. The number of aliphatic hydroxyl groups excluding tert-OH is 1. The average Bonchev–Trinajstić information content (AvgIpc) is 2.88. The molecule has 0 saturated heterocycles. The topological polar surface area (TPSA) is 99.1 Å². The largest absolute Gasteiger partial charge is 0.469 e. The predicted octanol–water partition coefficient (Wildman–Crippen LogP) is 5.40. The fourth-order valence-corrected chi connectivity index (χ4v) is 4.48. The van der Waals surface area contributed by atoms with Gasteiger partial charge in [-0.2, -0.15) is 0 Å². The monoisotopic (exact) mass is 496 g/mol. The minimum Gasteiger partial charge on any atom is -0.469 e. The summed E-state index contributed by atoms with van der Waals surface area (Å²) in [6, 6.07) is 18.1. The highest BCUT2D eigenvalue weighted by Gasteiger charge is 2.31. The molecule has 0 fully saturated rings. The van der Waals surface area contributed by atoms with Crippen molar-refractivity contribution in [3.63, 3.8) is 0 Å². The molecule has 3 unspecified atom stereocenters. The fraction of sp³-hybridized carbons (Fsp3) is 0.414. The number of hydrogen-bond acceptors (Lipinski definition) is 7. The molecular weight excluding hydrogens is 460 g/mol. The molecular formula is C29H36O7. The van der Waals surface area contributed by atoms with E-state index in [4.69, 9.17) is 19.3 Å². The molecule has 194 valence electrons. The fourth-order valence-electron chi connectivity index (χ4n) is 4.48. The molecule has 7 nitrogen and oxygen atoms in total. The third-order valence-corrected chi connectivity index (χ3v) is 6.42. The number of methoxy groups -OCH3 is 1. The number of carbonyl (C=O) groups excluding carboxylic acids is 3. The Morgan fingerprint density at radius 3 is 1.94 bits per heavy atom. The molecule has 0 aliphatic rings. The molecule has 36 heavy (non-hydrogen) atoms. The molecule has 0 heterocycles. The van der Waals surface area contributed by atoms with Crippen LogP contribution in [0.25, 0.3) is 21.5 Å². The lowest BCUT2D eigenvalue weighted by atomic mass is 9.86. The maximum absolute atomic E-state index is 12.9. The third kappa shape index (κ3) is 6.82. The number of ether oxygens (including phenoxy) is 3.